The van der Waals surface area contributed by atoms with Crippen molar-refractivity contribution in [1.82, 2.24) is 9.78 Å². The van der Waals surface area contributed by atoms with Gasteiger partial charge in [-0.15, -0.1) is 0 Å². The van der Waals surface area contributed by atoms with Crippen molar-refractivity contribution in [3.63, 3.8) is 0 Å². The highest BCUT2D eigenvalue weighted by atomic mass is 79.9. The fourth-order valence-corrected chi connectivity index (χ4v) is 3.00. The average molecular weight is 349 g/mol. The molecule has 3 heteroatoms. The number of aromatic nitrogens is 2. The second kappa shape index (κ2) is 7.79. The van der Waals surface area contributed by atoms with Gasteiger partial charge in [-0.3, -0.25) is 4.68 Å². The molecule has 0 aliphatic rings. The number of hydrogen-bond donors (Lipinski definition) is 0. The second-order valence-corrected chi connectivity index (χ2v) is 6.55. The van der Waals surface area contributed by atoms with Crippen LogP contribution in [0.4, 0.5) is 0 Å². The number of halogens is 1. The number of hydrogen-bond acceptors (Lipinski definition) is 1. The lowest BCUT2D eigenvalue weighted by molar-refractivity contribution is 0.468. The molecule has 0 N–H and O–H groups in total. The van der Waals surface area contributed by atoms with Crippen LogP contribution in [0.1, 0.15) is 43.1 Å². The Hall–Kier alpha value is -1.09. The summed E-state index contributed by atoms with van der Waals surface area (Å²) in [6.07, 6.45) is 5.37. The molecule has 0 fully saturated rings. The van der Waals surface area contributed by atoms with Crippen molar-refractivity contribution in [3.05, 3.63) is 53.3 Å². The number of aryl methyl sites for hydroxylation is 1. The van der Waals surface area contributed by atoms with Crippen molar-refractivity contribution < 1.29 is 0 Å². The first-order valence-corrected chi connectivity index (χ1v) is 8.90. The molecule has 2 unspecified atom stereocenters. The van der Waals surface area contributed by atoms with Gasteiger partial charge in [-0.05, 0) is 56.2 Å². The van der Waals surface area contributed by atoms with Crippen LogP contribution in [0.5, 0.6) is 0 Å². The Kier molecular flexibility index (Phi) is 6.04. The number of alkyl halides is 1. The lowest BCUT2D eigenvalue weighted by Crippen LogP contribution is -2.12. The smallest absolute Gasteiger partial charge is 0.0627 e. The first kappa shape index (κ1) is 16.3. The van der Waals surface area contributed by atoms with Crippen LogP contribution in [0, 0.1) is 12.8 Å². The molecule has 0 bridgehead atoms. The van der Waals surface area contributed by atoms with Crippen LogP contribution in [-0.4, -0.2) is 15.1 Å². The van der Waals surface area contributed by atoms with E-state index in [9.17, 15) is 0 Å². The molecule has 1 aromatic carbocycles. The molecule has 0 radical (unpaired) electrons. The van der Waals surface area contributed by atoms with Gasteiger partial charge < -0.3 is 0 Å². The molecule has 0 saturated heterocycles. The number of nitrogens with zero attached hydrogens (tertiary/aromatic N) is 2. The van der Waals surface area contributed by atoms with Gasteiger partial charge >= 0.3 is 0 Å². The molecule has 0 spiro atoms. The van der Waals surface area contributed by atoms with Crippen LogP contribution in [0.15, 0.2) is 36.5 Å². The van der Waals surface area contributed by atoms with Crippen molar-refractivity contribution in [1.29, 1.82) is 0 Å². The third-order valence-corrected chi connectivity index (χ3v) is 5.11. The summed E-state index contributed by atoms with van der Waals surface area (Å²) in [6.45, 7) is 6.61. The SMILES string of the molecule is CCC(C)n1ccc(CC(CBr)Cc2ccccc2C)n1. The molecule has 2 nitrogen and oxygen atoms in total. The molecule has 21 heavy (non-hydrogen) atoms. The van der Waals surface area contributed by atoms with E-state index in [0.717, 1.165) is 24.6 Å². The first-order chi connectivity index (χ1) is 10.1. The molecular weight excluding hydrogens is 324 g/mol. The molecule has 0 aliphatic heterocycles. The largest absolute Gasteiger partial charge is 0.270 e. The van der Waals surface area contributed by atoms with Crippen LogP contribution >= 0.6 is 15.9 Å². The molecule has 2 rings (SSSR count). The predicted molar refractivity (Wildman–Crippen MR) is 93.1 cm³/mol. The Morgan fingerprint density at radius 2 is 1.95 bits per heavy atom. The highest BCUT2D eigenvalue weighted by Gasteiger charge is 2.13. The minimum absolute atomic E-state index is 0.484. The summed E-state index contributed by atoms with van der Waals surface area (Å²) < 4.78 is 2.09. The fraction of sp³-hybridized carbons (Fsp3) is 0.500. The van der Waals surface area contributed by atoms with Gasteiger partial charge in [0, 0.05) is 17.6 Å². The Morgan fingerprint density at radius 1 is 1.19 bits per heavy atom. The summed E-state index contributed by atoms with van der Waals surface area (Å²) in [7, 11) is 0. The summed E-state index contributed by atoms with van der Waals surface area (Å²) in [6, 6.07) is 11.3. The van der Waals surface area contributed by atoms with Gasteiger partial charge in [0.1, 0.15) is 0 Å². The molecule has 1 heterocycles. The van der Waals surface area contributed by atoms with E-state index in [1.54, 1.807) is 0 Å². The van der Waals surface area contributed by atoms with Crippen molar-refractivity contribution in [2.24, 2.45) is 5.92 Å². The van der Waals surface area contributed by atoms with Gasteiger partial charge in [-0.2, -0.15) is 5.10 Å². The third kappa shape index (κ3) is 4.44. The summed E-state index contributed by atoms with van der Waals surface area (Å²) in [5, 5.41) is 5.74. The molecule has 114 valence electrons. The monoisotopic (exact) mass is 348 g/mol. The van der Waals surface area contributed by atoms with E-state index in [1.807, 2.05) is 0 Å². The standard InChI is InChI=1S/C18H25BrN2/c1-4-15(3)21-10-9-18(20-21)12-16(13-19)11-17-8-6-5-7-14(17)2/h5-10,15-16H,4,11-13H2,1-3H3. The Labute approximate surface area is 136 Å². The lowest BCUT2D eigenvalue weighted by atomic mass is 9.94. The zero-order valence-electron chi connectivity index (χ0n) is 13.2. The lowest BCUT2D eigenvalue weighted by Gasteiger charge is -2.15. The highest BCUT2D eigenvalue weighted by Crippen LogP contribution is 2.19. The topological polar surface area (TPSA) is 17.8 Å². The highest BCUT2D eigenvalue weighted by molar-refractivity contribution is 9.09. The molecule has 2 atom stereocenters. The van der Waals surface area contributed by atoms with E-state index in [1.165, 1.54) is 16.8 Å². The first-order valence-electron chi connectivity index (χ1n) is 7.78. The van der Waals surface area contributed by atoms with E-state index >= 15 is 0 Å². The van der Waals surface area contributed by atoms with Crippen LogP contribution in [0.3, 0.4) is 0 Å². The van der Waals surface area contributed by atoms with Gasteiger partial charge in [0.2, 0.25) is 0 Å². The summed E-state index contributed by atoms with van der Waals surface area (Å²) >= 11 is 3.67. The van der Waals surface area contributed by atoms with E-state index in [4.69, 9.17) is 5.10 Å². The number of rotatable bonds is 7. The van der Waals surface area contributed by atoms with Crippen molar-refractivity contribution in [2.45, 2.75) is 46.1 Å². The molecule has 0 aliphatic carbocycles. The van der Waals surface area contributed by atoms with Crippen LogP contribution < -0.4 is 0 Å². The van der Waals surface area contributed by atoms with Gasteiger partial charge in [0.05, 0.1) is 5.69 Å². The zero-order valence-corrected chi connectivity index (χ0v) is 14.8. The Bertz CT molecular complexity index is 562. The Balaban J connectivity index is 2.02. The van der Waals surface area contributed by atoms with Crippen molar-refractivity contribution in [2.75, 3.05) is 5.33 Å². The van der Waals surface area contributed by atoms with Gasteiger partial charge in [0.25, 0.3) is 0 Å². The third-order valence-electron chi connectivity index (χ3n) is 4.19. The summed E-state index contributed by atoms with van der Waals surface area (Å²) in [5.74, 6) is 0.589. The second-order valence-electron chi connectivity index (χ2n) is 5.90. The minimum Gasteiger partial charge on any atom is -0.270 e. The van der Waals surface area contributed by atoms with E-state index < -0.39 is 0 Å². The predicted octanol–water partition coefficient (Wildman–Crippen LogP) is 4.96. The zero-order chi connectivity index (χ0) is 15.2. The maximum absolute atomic E-state index is 4.73. The van der Waals surface area contributed by atoms with E-state index in [2.05, 4.69) is 77.9 Å². The maximum Gasteiger partial charge on any atom is 0.0627 e. The maximum atomic E-state index is 4.73. The quantitative estimate of drug-likeness (QED) is 0.646. The minimum atomic E-state index is 0.484. The normalized spacial score (nSPS) is 14.1. The molecule has 0 amide bonds. The molecule has 2 aromatic rings. The summed E-state index contributed by atoms with van der Waals surface area (Å²) in [5.41, 5.74) is 4.03. The molecular formula is C18H25BrN2. The number of benzene rings is 1. The fourth-order valence-electron chi connectivity index (χ4n) is 2.55. The van der Waals surface area contributed by atoms with E-state index in [0.29, 0.717) is 12.0 Å². The van der Waals surface area contributed by atoms with E-state index in [-0.39, 0.29) is 0 Å². The average Bonchev–Trinajstić information content (AvgIpc) is 2.96. The van der Waals surface area contributed by atoms with Gasteiger partial charge in [0.15, 0.2) is 0 Å². The molecule has 1 aromatic heterocycles. The van der Waals surface area contributed by atoms with Gasteiger partial charge in [-0.25, -0.2) is 0 Å². The summed E-state index contributed by atoms with van der Waals surface area (Å²) in [4.78, 5) is 0. The Morgan fingerprint density at radius 3 is 2.62 bits per heavy atom. The van der Waals surface area contributed by atoms with Gasteiger partial charge in [-0.1, -0.05) is 47.1 Å². The van der Waals surface area contributed by atoms with Crippen molar-refractivity contribution in [3.8, 4) is 0 Å². The van der Waals surface area contributed by atoms with Crippen LogP contribution in [0.25, 0.3) is 0 Å². The van der Waals surface area contributed by atoms with Crippen LogP contribution in [-0.2, 0) is 12.8 Å². The van der Waals surface area contributed by atoms with Crippen LogP contribution in [0.2, 0.25) is 0 Å². The van der Waals surface area contributed by atoms with Crippen molar-refractivity contribution >= 4 is 15.9 Å². The molecule has 0 saturated carbocycles.